The largest absolute Gasteiger partial charge is 0.473 e. The van der Waals surface area contributed by atoms with Crippen LogP contribution in [0.3, 0.4) is 0 Å². The van der Waals surface area contributed by atoms with Crippen LogP contribution in [-0.4, -0.2) is 19.5 Å². The quantitative estimate of drug-likeness (QED) is 0.858. The van der Waals surface area contributed by atoms with E-state index in [4.69, 9.17) is 9.88 Å². The highest BCUT2D eigenvalue weighted by molar-refractivity contribution is 7.89. The maximum atomic E-state index is 11.3. The van der Waals surface area contributed by atoms with Gasteiger partial charge in [0.2, 0.25) is 15.9 Å². The fourth-order valence-electron chi connectivity index (χ4n) is 1.85. The predicted molar refractivity (Wildman–Crippen MR) is 58.5 cm³/mol. The SMILES string of the molecule is NS(=O)(=O)c1cccnc1OC1CCCC1. The zero-order chi connectivity index (χ0) is 11.6. The van der Waals surface area contributed by atoms with E-state index in [0.29, 0.717) is 0 Å². The van der Waals surface area contributed by atoms with E-state index in [1.165, 1.54) is 18.3 Å². The van der Waals surface area contributed by atoms with Crippen LogP contribution in [-0.2, 0) is 10.0 Å². The fraction of sp³-hybridized carbons (Fsp3) is 0.500. The van der Waals surface area contributed by atoms with Crippen molar-refractivity contribution < 1.29 is 13.2 Å². The molecule has 0 spiro atoms. The van der Waals surface area contributed by atoms with Crippen molar-refractivity contribution in [3.63, 3.8) is 0 Å². The summed E-state index contributed by atoms with van der Waals surface area (Å²) in [5.41, 5.74) is 0. The molecule has 0 amide bonds. The van der Waals surface area contributed by atoms with E-state index in [1.54, 1.807) is 0 Å². The van der Waals surface area contributed by atoms with Gasteiger partial charge in [-0.25, -0.2) is 18.5 Å². The zero-order valence-electron chi connectivity index (χ0n) is 8.80. The van der Waals surface area contributed by atoms with Gasteiger partial charge in [-0.05, 0) is 37.8 Å². The van der Waals surface area contributed by atoms with Crippen molar-refractivity contribution in [3.8, 4) is 5.88 Å². The maximum Gasteiger partial charge on any atom is 0.243 e. The van der Waals surface area contributed by atoms with E-state index >= 15 is 0 Å². The minimum Gasteiger partial charge on any atom is -0.473 e. The molecule has 88 valence electrons. The number of nitrogens with zero attached hydrogens (tertiary/aromatic N) is 1. The standard InChI is InChI=1S/C10H14N2O3S/c11-16(13,14)9-6-3-7-12-10(9)15-8-4-1-2-5-8/h3,6-8H,1-2,4-5H2,(H2,11,13,14). The first-order valence-electron chi connectivity index (χ1n) is 5.22. The second-order valence-corrected chi connectivity index (χ2v) is 5.41. The Morgan fingerprint density at radius 2 is 2.06 bits per heavy atom. The van der Waals surface area contributed by atoms with Crippen molar-refractivity contribution >= 4 is 10.0 Å². The molecule has 1 aliphatic rings. The summed E-state index contributed by atoms with van der Waals surface area (Å²) in [7, 11) is -3.76. The molecule has 1 saturated carbocycles. The number of sulfonamides is 1. The van der Waals surface area contributed by atoms with Crippen LogP contribution in [0.2, 0.25) is 0 Å². The lowest BCUT2D eigenvalue weighted by Crippen LogP contribution is -2.18. The first-order valence-corrected chi connectivity index (χ1v) is 6.76. The van der Waals surface area contributed by atoms with Crippen LogP contribution in [0.15, 0.2) is 23.2 Å². The monoisotopic (exact) mass is 242 g/mol. The average Bonchev–Trinajstić information content (AvgIpc) is 2.70. The second kappa shape index (κ2) is 4.39. The molecule has 1 aromatic rings. The van der Waals surface area contributed by atoms with Crippen molar-refractivity contribution in [2.75, 3.05) is 0 Å². The zero-order valence-corrected chi connectivity index (χ0v) is 9.61. The lowest BCUT2D eigenvalue weighted by molar-refractivity contribution is 0.195. The van der Waals surface area contributed by atoms with E-state index in [2.05, 4.69) is 4.98 Å². The molecule has 0 aliphatic heterocycles. The minimum absolute atomic E-state index is 0.0399. The topological polar surface area (TPSA) is 82.3 Å². The van der Waals surface area contributed by atoms with Crippen LogP contribution in [0.5, 0.6) is 5.88 Å². The summed E-state index contributed by atoms with van der Waals surface area (Å²) in [5.74, 6) is 0.122. The van der Waals surface area contributed by atoms with Gasteiger partial charge < -0.3 is 4.74 Å². The molecule has 0 saturated heterocycles. The number of pyridine rings is 1. The first-order chi connectivity index (χ1) is 7.57. The van der Waals surface area contributed by atoms with Crippen molar-refractivity contribution in [1.82, 2.24) is 4.98 Å². The Hall–Kier alpha value is -1.14. The van der Waals surface area contributed by atoms with Gasteiger partial charge in [0.05, 0.1) is 0 Å². The Morgan fingerprint density at radius 1 is 1.38 bits per heavy atom. The number of nitrogens with two attached hydrogens (primary N) is 1. The van der Waals surface area contributed by atoms with Gasteiger partial charge in [0.15, 0.2) is 0 Å². The van der Waals surface area contributed by atoms with E-state index in [0.717, 1.165) is 25.7 Å². The summed E-state index contributed by atoms with van der Waals surface area (Å²) >= 11 is 0. The summed E-state index contributed by atoms with van der Waals surface area (Å²) in [6.45, 7) is 0. The molecule has 2 N–H and O–H groups in total. The average molecular weight is 242 g/mol. The number of hydrogen-bond acceptors (Lipinski definition) is 4. The number of hydrogen-bond donors (Lipinski definition) is 1. The van der Waals surface area contributed by atoms with Crippen molar-refractivity contribution in [2.45, 2.75) is 36.7 Å². The van der Waals surface area contributed by atoms with Crippen LogP contribution < -0.4 is 9.88 Å². The lowest BCUT2D eigenvalue weighted by Gasteiger charge is -2.13. The third-order valence-electron chi connectivity index (χ3n) is 2.62. The van der Waals surface area contributed by atoms with Gasteiger partial charge >= 0.3 is 0 Å². The number of rotatable bonds is 3. The molecule has 0 bridgehead atoms. The highest BCUT2D eigenvalue weighted by Gasteiger charge is 2.22. The molecule has 1 aromatic heterocycles. The van der Waals surface area contributed by atoms with Gasteiger partial charge in [-0.3, -0.25) is 0 Å². The molecule has 0 atom stereocenters. The van der Waals surface area contributed by atoms with Gasteiger partial charge in [0.25, 0.3) is 0 Å². The van der Waals surface area contributed by atoms with Crippen LogP contribution >= 0.6 is 0 Å². The molecule has 5 nitrogen and oxygen atoms in total. The molecular formula is C10H14N2O3S. The van der Waals surface area contributed by atoms with Crippen molar-refractivity contribution in [3.05, 3.63) is 18.3 Å². The molecule has 0 radical (unpaired) electrons. The molecular weight excluding hydrogens is 228 g/mol. The van der Waals surface area contributed by atoms with Crippen LogP contribution in [0.4, 0.5) is 0 Å². The smallest absolute Gasteiger partial charge is 0.243 e. The number of primary sulfonamides is 1. The van der Waals surface area contributed by atoms with Gasteiger partial charge in [0, 0.05) is 6.20 Å². The van der Waals surface area contributed by atoms with E-state index in [9.17, 15) is 8.42 Å². The molecule has 6 heteroatoms. The summed E-state index contributed by atoms with van der Waals surface area (Å²) in [6.07, 6.45) is 5.68. The lowest BCUT2D eigenvalue weighted by atomic mass is 10.3. The minimum atomic E-state index is -3.76. The molecule has 1 heterocycles. The molecule has 2 rings (SSSR count). The second-order valence-electron chi connectivity index (χ2n) is 3.88. The summed E-state index contributed by atoms with van der Waals surface area (Å²) in [5, 5.41) is 5.08. The van der Waals surface area contributed by atoms with Gasteiger partial charge in [-0.15, -0.1) is 0 Å². The molecule has 1 fully saturated rings. The Bertz CT molecular complexity index is 467. The van der Waals surface area contributed by atoms with E-state index < -0.39 is 10.0 Å². The Labute approximate surface area is 94.7 Å². The molecule has 16 heavy (non-hydrogen) atoms. The number of aromatic nitrogens is 1. The highest BCUT2D eigenvalue weighted by atomic mass is 32.2. The third kappa shape index (κ3) is 2.51. The third-order valence-corrected chi connectivity index (χ3v) is 3.55. The molecule has 0 unspecified atom stereocenters. The molecule has 0 aromatic carbocycles. The predicted octanol–water partition coefficient (Wildman–Crippen LogP) is 1.05. The maximum absolute atomic E-state index is 11.3. The van der Waals surface area contributed by atoms with Gasteiger partial charge in [-0.1, -0.05) is 0 Å². The Balaban J connectivity index is 2.26. The molecule has 1 aliphatic carbocycles. The van der Waals surface area contributed by atoms with Crippen LogP contribution in [0.1, 0.15) is 25.7 Å². The number of ether oxygens (including phenoxy) is 1. The Morgan fingerprint density at radius 3 is 2.69 bits per heavy atom. The van der Waals surface area contributed by atoms with Crippen molar-refractivity contribution in [2.24, 2.45) is 5.14 Å². The van der Waals surface area contributed by atoms with Gasteiger partial charge in [-0.2, -0.15) is 0 Å². The summed E-state index contributed by atoms with van der Waals surface area (Å²) in [4.78, 5) is 3.89. The van der Waals surface area contributed by atoms with Crippen LogP contribution in [0, 0.1) is 0 Å². The van der Waals surface area contributed by atoms with Crippen molar-refractivity contribution in [1.29, 1.82) is 0 Å². The van der Waals surface area contributed by atoms with Gasteiger partial charge in [0.1, 0.15) is 11.0 Å². The normalized spacial score (nSPS) is 17.6. The summed E-state index contributed by atoms with van der Waals surface area (Å²) < 4.78 is 28.1. The Kier molecular flexibility index (Phi) is 3.11. The fourth-order valence-corrected chi connectivity index (χ4v) is 2.46. The van der Waals surface area contributed by atoms with Crippen LogP contribution in [0.25, 0.3) is 0 Å². The summed E-state index contributed by atoms with van der Waals surface area (Å²) in [6, 6.07) is 2.94. The highest BCUT2D eigenvalue weighted by Crippen LogP contribution is 2.26. The van der Waals surface area contributed by atoms with E-state index in [1.807, 2.05) is 0 Å². The first kappa shape index (κ1) is 11.3. The van der Waals surface area contributed by atoms with E-state index in [-0.39, 0.29) is 16.9 Å².